The Hall–Kier alpha value is -3.50. The topological polar surface area (TPSA) is 96.9 Å². The third-order valence-corrected chi connectivity index (χ3v) is 8.28. The summed E-state index contributed by atoms with van der Waals surface area (Å²) in [4.78, 5) is 37.4. The molecule has 1 aromatic carbocycles. The van der Waals surface area contributed by atoms with Gasteiger partial charge in [-0.2, -0.15) is 11.3 Å². The molecule has 214 valence electrons. The van der Waals surface area contributed by atoms with Crippen LogP contribution in [0.3, 0.4) is 0 Å². The van der Waals surface area contributed by atoms with E-state index in [1.165, 1.54) is 19.0 Å². The van der Waals surface area contributed by atoms with Crippen LogP contribution in [-0.4, -0.2) is 72.2 Å². The number of hydrogen-bond donors (Lipinski definition) is 1. The lowest BCUT2D eigenvalue weighted by molar-refractivity contribution is -0.142. The zero-order chi connectivity index (χ0) is 28.5. The van der Waals surface area contributed by atoms with Crippen LogP contribution in [0.2, 0.25) is 0 Å². The predicted molar refractivity (Wildman–Crippen MR) is 157 cm³/mol. The number of anilines is 1. The first-order valence-electron chi connectivity index (χ1n) is 13.7. The van der Waals surface area contributed by atoms with E-state index in [9.17, 15) is 9.59 Å². The Balaban J connectivity index is 1.31. The molecule has 1 amide bonds. The number of likely N-dealkylation sites (tertiary alicyclic amines) is 1. The molecule has 1 N–H and O–H groups in total. The van der Waals surface area contributed by atoms with Crippen molar-refractivity contribution < 1.29 is 19.1 Å². The third kappa shape index (κ3) is 7.79. The van der Waals surface area contributed by atoms with Crippen molar-refractivity contribution in [2.45, 2.75) is 58.7 Å². The van der Waals surface area contributed by atoms with Gasteiger partial charge in [-0.1, -0.05) is 0 Å². The van der Waals surface area contributed by atoms with Gasteiger partial charge < -0.3 is 24.6 Å². The normalized spacial score (nSPS) is 14.9. The Kier molecular flexibility index (Phi) is 10.5. The highest BCUT2D eigenvalue weighted by atomic mass is 32.1. The minimum Gasteiger partial charge on any atom is -0.482 e. The van der Waals surface area contributed by atoms with E-state index in [1.807, 2.05) is 26.0 Å². The average Bonchev–Trinajstić information content (AvgIpc) is 3.48. The van der Waals surface area contributed by atoms with Crippen molar-refractivity contribution in [3.05, 3.63) is 69.9 Å². The van der Waals surface area contributed by atoms with Gasteiger partial charge in [0.25, 0.3) is 5.91 Å². The highest BCUT2D eigenvalue weighted by Crippen LogP contribution is 2.29. The van der Waals surface area contributed by atoms with E-state index >= 15 is 0 Å². The highest BCUT2D eigenvalue weighted by molar-refractivity contribution is 7.07. The van der Waals surface area contributed by atoms with Crippen molar-refractivity contribution in [3.63, 3.8) is 0 Å². The van der Waals surface area contributed by atoms with Gasteiger partial charge in [-0.25, -0.2) is 14.8 Å². The van der Waals surface area contributed by atoms with Crippen LogP contribution in [0.4, 0.5) is 5.69 Å². The van der Waals surface area contributed by atoms with E-state index in [2.05, 4.69) is 65.7 Å². The van der Waals surface area contributed by atoms with E-state index in [1.54, 1.807) is 11.3 Å². The van der Waals surface area contributed by atoms with E-state index in [-0.39, 0.29) is 12.5 Å². The molecule has 1 aliphatic heterocycles. The molecule has 0 spiro atoms. The van der Waals surface area contributed by atoms with E-state index in [0.717, 1.165) is 44.6 Å². The van der Waals surface area contributed by atoms with Crippen LogP contribution in [0, 0.1) is 13.8 Å². The van der Waals surface area contributed by atoms with Crippen LogP contribution in [0.15, 0.2) is 47.4 Å². The van der Waals surface area contributed by atoms with Crippen LogP contribution in [0.25, 0.3) is 0 Å². The largest absolute Gasteiger partial charge is 0.482 e. The molecule has 1 saturated heterocycles. The molecular weight excluding hydrogens is 526 g/mol. The summed E-state index contributed by atoms with van der Waals surface area (Å²) in [5, 5.41) is 7.38. The van der Waals surface area contributed by atoms with Gasteiger partial charge in [0, 0.05) is 44.0 Å². The van der Waals surface area contributed by atoms with Gasteiger partial charge in [-0.15, -0.1) is 0 Å². The number of nitrogens with zero attached hydrogens (tertiary/aromatic N) is 4. The number of ether oxygens (including phenoxy) is 2. The van der Waals surface area contributed by atoms with Crippen LogP contribution in [0.1, 0.15) is 53.5 Å². The van der Waals surface area contributed by atoms with Crippen molar-refractivity contribution in [2.75, 3.05) is 38.3 Å². The van der Waals surface area contributed by atoms with Gasteiger partial charge in [-0.05, 0) is 86.7 Å². The second-order valence-corrected chi connectivity index (χ2v) is 11.0. The Morgan fingerprint density at radius 2 is 1.82 bits per heavy atom. The maximum atomic E-state index is 12.7. The lowest BCUT2D eigenvalue weighted by Gasteiger charge is -2.42. The first kappa shape index (κ1) is 29.5. The first-order chi connectivity index (χ1) is 19.4. The smallest absolute Gasteiger partial charge is 0.343 e. The summed E-state index contributed by atoms with van der Waals surface area (Å²) in [6.07, 6.45) is 4.49. The van der Waals surface area contributed by atoms with Gasteiger partial charge in [0.2, 0.25) is 0 Å². The van der Waals surface area contributed by atoms with Crippen LogP contribution < -0.4 is 15.0 Å². The van der Waals surface area contributed by atoms with Crippen LogP contribution in [0.5, 0.6) is 5.75 Å². The number of piperidine rings is 1. The van der Waals surface area contributed by atoms with Gasteiger partial charge >= 0.3 is 5.97 Å². The van der Waals surface area contributed by atoms with E-state index in [0.29, 0.717) is 41.3 Å². The molecule has 0 radical (unpaired) electrons. The van der Waals surface area contributed by atoms with Gasteiger partial charge in [0.15, 0.2) is 6.61 Å². The molecule has 0 saturated carbocycles. The van der Waals surface area contributed by atoms with Crippen molar-refractivity contribution in [3.8, 4) is 5.75 Å². The molecule has 1 unspecified atom stereocenters. The summed E-state index contributed by atoms with van der Waals surface area (Å²) in [7, 11) is 1.35. The zero-order valence-electron chi connectivity index (χ0n) is 23.8. The Morgan fingerprint density at radius 1 is 1.12 bits per heavy atom. The minimum atomic E-state index is -0.400. The fraction of sp³-hybridized carbons (Fsp3) is 0.467. The average molecular weight is 566 g/mol. The molecule has 3 aromatic rings. The molecule has 3 heterocycles. The number of rotatable bonds is 12. The Bertz CT molecular complexity index is 1220. The van der Waals surface area contributed by atoms with Crippen molar-refractivity contribution in [1.29, 1.82) is 0 Å². The number of benzene rings is 1. The standard InChI is InChI=1S/C30H39N5O4S/c1-21(9-13-31-30(37)29-22(2)32-20-33-23(29)3)34-14-10-26(11-15-34)35(17-24-12-16-40-19-24)25-5-7-27(8-6-25)39-18-28(36)38-4/h5-8,12,16,19-21,26H,9-11,13-15,17-18H2,1-4H3,(H,31,37). The summed E-state index contributed by atoms with van der Waals surface area (Å²) in [5.41, 5.74) is 4.42. The number of amides is 1. The number of carbonyl (C=O) groups is 2. The fourth-order valence-corrected chi connectivity index (χ4v) is 5.83. The van der Waals surface area contributed by atoms with Crippen molar-refractivity contribution in [1.82, 2.24) is 20.2 Å². The summed E-state index contributed by atoms with van der Waals surface area (Å²) < 4.78 is 10.2. The van der Waals surface area contributed by atoms with Gasteiger partial charge in [-0.3, -0.25) is 4.79 Å². The lowest BCUT2D eigenvalue weighted by atomic mass is 9.99. The summed E-state index contributed by atoms with van der Waals surface area (Å²) in [6.45, 7) is 9.29. The predicted octanol–water partition coefficient (Wildman–Crippen LogP) is 4.39. The maximum Gasteiger partial charge on any atom is 0.343 e. The van der Waals surface area contributed by atoms with Gasteiger partial charge in [0.05, 0.1) is 24.1 Å². The zero-order valence-corrected chi connectivity index (χ0v) is 24.6. The highest BCUT2D eigenvalue weighted by Gasteiger charge is 2.27. The Morgan fingerprint density at radius 3 is 2.45 bits per heavy atom. The molecule has 2 aromatic heterocycles. The number of thiophene rings is 1. The monoisotopic (exact) mass is 565 g/mol. The number of nitrogens with one attached hydrogen (secondary N) is 1. The number of hydrogen-bond acceptors (Lipinski definition) is 9. The number of methoxy groups -OCH3 is 1. The van der Waals surface area contributed by atoms with E-state index < -0.39 is 5.97 Å². The molecule has 0 aliphatic carbocycles. The quantitative estimate of drug-likeness (QED) is 0.323. The summed E-state index contributed by atoms with van der Waals surface area (Å²) in [5.74, 6) is 0.139. The van der Waals surface area contributed by atoms with Crippen LogP contribution in [-0.2, 0) is 16.1 Å². The first-order valence-corrected chi connectivity index (χ1v) is 14.7. The maximum absolute atomic E-state index is 12.7. The molecule has 4 rings (SSSR count). The summed E-state index contributed by atoms with van der Waals surface area (Å²) in [6, 6.07) is 10.9. The SMILES string of the molecule is COC(=O)COc1ccc(N(Cc2ccsc2)C2CCN(C(C)CCNC(=O)c3c(C)ncnc3C)CC2)cc1. The van der Waals surface area contributed by atoms with Gasteiger partial charge in [0.1, 0.15) is 12.1 Å². The van der Waals surface area contributed by atoms with Crippen molar-refractivity contribution >= 4 is 28.9 Å². The molecule has 10 heteroatoms. The number of aryl methyl sites for hydroxylation is 2. The molecule has 1 aliphatic rings. The molecule has 40 heavy (non-hydrogen) atoms. The molecular formula is C30H39N5O4S. The number of aromatic nitrogens is 2. The number of carbonyl (C=O) groups excluding carboxylic acids is 2. The molecule has 1 atom stereocenters. The molecule has 0 bridgehead atoms. The number of esters is 1. The fourth-order valence-electron chi connectivity index (χ4n) is 5.17. The van der Waals surface area contributed by atoms with E-state index in [4.69, 9.17) is 4.74 Å². The molecule has 1 fully saturated rings. The lowest BCUT2D eigenvalue weighted by Crippen LogP contribution is -2.48. The van der Waals surface area contributed by atoms with Crippen LogP contribution >= 0.6 is 11.3 Å². The minimum absolute atomic E-state index is 0.102. The second-order valence-electron chi connectivity index (χ2n) is 10.2. The summed E-state index contributed by atoms with van der Waals surface area (Å²) >= 11 is 1.72. The Labute approximate surface area is 240 Å². The van der Waals surface area contributed by atoms with Crippen molar-refractivity contribution in [2.24, 2.45) is 0 Å². The third-order valence-electron chi connectivity index (χ3n) is 7.55. The second kappa shape index (κ2) is 14.2. The molecule has 9 nitrogen and oxygen atoms in total.